The number of benzene rings is 3. The first-order valence-corrected chi connectivity index (χ1v) is 16.3. The molecule has 5 rings (SSSR count). The van der Waals surface area contributed by atoms with Gasteiger partial charge in [0.05, 0.1) is 19.7 Å². The molecule has 3 aromatic carbocycles. The van der Waals surface area contributed by atoms with Gasteiger partial charge in [-0.05, 0) is 92.1 Å². The van der Waals surface area contributed by atoms with E-state index in [-0.39, 0.29) is 11.6 Å². The maximum Gasteiger partial charge on any atom is 0.218 e. The van der Waals surface area contributed by atoms with E-state index in [1.807, 2.05) is 26.8 Å². The zero-order chi connectivity index (χ0) is 37.5. The van der Waals surface area contributed by atoms with Crippen molar-refractivity contribution in [2.75, 3.05) is 24.4 Å². The van der Waals surface area contributed by atoms with Crippen LogP contribution >= 0.6 is 0 Å². The number of methoxy groups -OCH3 is 2. The van der Waals surface area contributed by atoms with E-state index in [0.717, 1.165) is 11.1 Å². The van der Waals surface area contributed by atoms with Crippen LogP contribution in [0.4, 0.5) is 30.4 Å². The number of carbonyl (C=O) groups is 1. The lowest BCUT2D eigenvalue weighted by Gasteiger charge is -2.19. The largest absolute Gasteiger partial charge is 0.493 e. The predicted octanol–water partition coefficient (Wildman–Crippen LogP) is 10.7. The van der Waals surface area contributed by atoms with Crippen molar-refractivity contribution in [3.05, 3.63) is 120 Å². The summed E-state index contributed by atoms with van der Waals surface area (Å²) in [5.74, 6) is 0.991. The summed E-state index contributed by atoms with van der Waals surface area (Å²) in [5, 5.41) is 3.79. The fourth-order valence-corrected chi connectivity index (χ4v) is 4.70. The summed E-state index contributed by atoms with van der Waals surface area (Å²) in [6.45, 7) is 12.7. The van der Waals surface area contributed by atoms with Crippen molar-refractivity contribution in [3.8, 4) is 23.0 Å². The van der Waals surface area contributed by atoms with Gasteiger partial charge in [0, 0.05) is 47.0 Å². The summed E-state index contributed by atoms with van der Waals surface area (Å²) in [6, 6.07) is 17.1. The first-order valence-electron chi connectivity index (χ1n) is 16.3. The van der Waals surface area contributed by atoms with E-state index in [2.05, 4.69) is 21.9 Å². The Morgan fingerprint density at radius 3 is 2.18 bits per heavy atom. The highest BCUT2D eigenvalue weighted by Gasteiger charge is 2.15. The van der Waals surface area contributed by atoms with E-state index >= 15 is 4.39 Å². The number of hydrogen-bond acceptors (Lipinski definition) is 7. The quantitative estimate of drug-likeness (QED) is 0.102. The molecule has 0 saturated carbocycles. The maximum atomic E-state index is 15.3. The normalized spacial score (nSPS) is 11.2. The Hall–Kier alpha value is -5.84. The summed E-state index contributed by atoms with van der Waals surface area (Å²) < 4.78 is 57.0. The van der Waals surface area contributed by atoms with Crippen molar-refractivity contribution in [2.24, 2.45) is 0 Å². The van der Waals surface area contributed by atoms with Gasteiger partial charge in [-0.2, -0.15) is 0 Å². The van der Waals surface area contributed by atoms with Crippen molar-refractivity contribution in [3.63, 3.8) is 0 Å². The molecule has 0 fully saturated rings. The fraction of sp³-hybridized carbons (Fsp3) is 0.225. The second-order valence-electron chi connectivity index (χ2n) is 10.7. The number of nitrogens with one attached hydrogen (secondary N) is 1. The number of alkyl halides is 1. The third kappa shape index (κ3) is 10.3. The van der Waals surface area contributed by atoms with E-state index in [4.69, 9.17) is 14.2 Å². The Kier molecular flexibility index (Phi) is 15.0. The van der Waals surface area contributed by atoms with Gasteiger partial charge in [-0.15, -0.1) is 6.58 Å². The number of anilines is 3. The van der Waals surface area contributed by atoms with Gasteiger partial charge < -0.3 is 19.5 Å². The lowest BCUT2D eigenvalue weighted by Crippen LogP contribution is -2.18. The number of carbonyl (C=O) groups excluding carboxylic acids is 1. The summed E-state index contributed by atoms with van der Waals surface area (Å²) in [4.78, 5) is 22.0. The Morgan fingerprint density at radius 1 is 0.922 bits per heavy atom. The minimum absolute atomic E-state index is 0.0274. The highest BCUT2D eigenvalue weighted by molar-refractivity contribution is 5.88. The van der Waals surface area contributed by atoms with Crippen LogP contribution in [0.25, 0.3) is 17.0 Å². The second-order valence-corrected chi connectivity index (χ2v) is 10.7. The van der Waals surface area contributed by atoms with Crippen molar-refractivity contribution < 1.29 is 32.2 Å². The van der Waals surface area contributed by atoms with Crippen LogP contribution in [0, 0.1) is 18.6 Å². The molecule has 0 aliphatic heterocycles. The number of aromatic nitrogens is 2. The number of amides is 1. The fourth-order valence-electron chi connectivity index (χ4n) is 4.70. The highest BCUT2D eigenvalue weighted by atomic mass is 19.1. The molecular weight excluding hydrogens is 657 g/mol. The van der Waals surface area contributed by atoms with Gasteiger partial charge in [0.25, 0.3) is 0 Å². The average molecular weight is 701 g/mol. The Bertz CT molecular complexity index is 1950. The molecule has 51 heavy (non-hydrogen) atoms. The summed E-state index contributed by atoms with van der Waals surface area (Å²) >= 11 is 0. The number of hydrogen-bond donors (Lipinski definition) is 1. The van der Waals surface area contributed by atoms with E-state index in [9.17, 15) is 13.6 Å². The zero-order valence-corrected chi connectivity index (χ0v) is 29.8. The lowest BCUT2D eigenvalue weighted by atomic mass is 10.1. The molecule has 1 atom stereocenters. The number of fused-ring (bicyclic) bond motifs is 1. The molecule has 2 aromatic heterocycles. The minimum atomic E-state index is -0.801. The van der Waals surface area contributed by atoms with E-state index in [1.165, 1.54) is 61.6 Å². The van der Waals surface area contributed by atoms with Crippen LogP contribution in [-0.2, 0) is 4.79 Å². The number of rotatable bonds is 12. The number of allylic oxidation sites excluding steroid dienone is 2. The van der Waals surface area contributed by atoms with E-state index in [0.29, 0.717) is 63.9 Å². The number of ether oxygens (including phenoxy) is 3. The molecule has 1 unspecified atom stereocenters. The van der Waals surface area contributed by atoms with Gasteiger partial charge in [0.15, 0.2) is 23.1 Å². The van der Waals surface area contributed by atoms with Crippen molar-refractivity contribution >= 4 is 40.6 Å². The van der Waals surface area contributed by atoms with Gasteiger partial charge in [-0.3, -0.25) is 14.7 Å². The van der Waals surface area contributed by atoms with Crippen LogP contribution in [-0.4, -0.2) is 36.8 Å². The average Bonchev–Trinajstić information content (AvgIpc) is 3.15. The molecule has 0 bridgehead atoms. The standard InChI is InChI=1S/C33H28F2N4O4.C5H9F.C2H6/c1-20(39(19-40)25-8-5-23(34)6-9-25)15-22-11-13-37-33(21(22)2)38-24-7-10-30(27(35)16-24)43-29-12-14-36-28-18-32(42-4)31(41-3)17-26(28)29;1-3-5(6)4-2;1-2/h5-19H,1-4H3,(H,37,38);3,5H,1,4H2,2H3;1-2H3/b20-15-;;. The van der Waals surface area contributed by atoms with Crippen molar-refractivity contribution in [2.45, 2.75) is 47.2 Å². The van der Waals surface area contributed by atoms with Gasteiger partial charge in [-0.1, -0.05) is 26.8 Å². The molecule has 11 heteroatoms. The number of pyridine rings is 2. The Labute approximate surface area is 297 Å². The van der Waals surface area contributed by atoms with Crippen molar-refractivity contribution in [1.82, 2.24) is 9.97 Å². The minimum Gasteiger partial charge on any atom is -0.493 e. The third-order valence-electron chi connectivity index (χ3n) is 7.47. The molecule has 0 saturated heterocycles. The molecule has 2 heterocycles. The number of nitrogens with zero attached hydrogens (tertiary/aromatic N) is 3. The van der Waals surface area contributed by atoms with Gasteiger partial charge in [-0.25, -0.2) is 18.2 Å². The summed E-state index contributed by atoms with van der Waals surface area (Å²) in [5.41, 5.74) is 3.79. The molecule has 0 spiro atoms. The lowest BCUT2D eigenvalue weighted by molar-refractivity contribution is -0.107. The molecule has 8 nitrogen and oxygen atoms in total. The topological polar surface area (TPSA) is 85.8 Å². The molecule has 0 aliphatic carbocycles. The summed E-state index contributed by atoms with van der Waals surface area (Å²) in [6.07, 6.45) is 6.73. The highest BCUT2D eigenvalue weighted by Crippen LogP contribution is 2.38. The van der Waals surface area contributed by atoms with Gasteiger partial charge in [0.2, 0.25) is 6.41 Å². The molecule has 0 aliphatic rings. The van der Waals surface area contributed by atoms with Crippen LogP contribution in [0.3, 0.4) is 0 Å². The van der Waals surface area contributed by atoms with Crippen LogP contribution in [0.15, 0.2) is 97.5 Å². The maximum absolute atomic E-state index is 15.3. The monoisotopic (exact) mass is 700 g/mol. The molecular formula is C40H43F3N4O4. The molecule has 0 radical (unpaired) electrons. The zero-order valence-electron chi connectivity index (χ0n) is 29.8. The third-order valence-corrected chi connectivity index (χ3v) is 7.47. The first-order chi connectivity index (χ1) is 24.6. The van der Waals surface area contributed by atoms with Gasteiger partial charge >= 0.3 is 0 Å². The van der Waals surface area contributed by atoms with Crippen LogP contribution < -0.4 is 24.4 Å². The van der Waals surface area contributed by atoms with Crippen molar-refractivity contribution in [1.29, 1.82) is 0 Å². The number of halogens is 3. The van der Waals surface area contributed by atoms with Crippen LogP contribution in [0.2, 0.25) is 0 Å². The van der Waals surface area contributed by atoms with E-state index < -0.39 is 12.0 Å². The van der Waals surface area contributed by atoms with Crippen LogP contribution in [0.5, 0.6) is 23.0 Å². The molecule has 1 N–H and O–H groups in total. The Morgan fingerprint density at radius 2 is 1.59 bits per heavy atom. The predicted molar refractivity (Wildman–Crippen MR) is 199 cm³/mol. The molecule has 268 valence electrons. The smallest absolute Gasteiger partial charge is 0.218 e. The second kappa shape index (κ2) is 19.4. The molecule has 1 amide bonds. The molecule has 5 aromatic rings. The van der Waals surface area contributed by atoms with Gasteiger partial charge in [0.1, 0.15) is 23.6 Å². The Balaban J connectivity index is 0.000000796. The SMILES string of the molecule is C=CC(F)CC.CC.COc1cc2nccc(Oc3ccc(Nc4nccc(/C=C(/C)N(C=O)c5ccc(F)cc5)c4C)cc3F)c2cc1OC. The first kappa shape index (κ1) is 39.6. The van der Waals surface area contributed by atoms with E-state index in [1.54, 1.807) is 56.6 Å². The summed E-state index contributed by atoms with van der Waals surface area (Å²) in [7, 11) is 3.07. The van der Waals surface area contributed by atoms with Crippen LogP contribution in [0.1, 0.15) is 45.2 Å².